The van der Waals surface area contributed by atoms with Crippen LogP contribution in [0.4, 0.5) is 5.69 Å². The van der Waals surface area contributed by atoms with E-state index >= 15 is 0 Å². The van der Waals surface area contributed by atoms with Gasteiger partial charge in [-0.3, -0.25) is 4.90 Å². The molecule has 2 N–H and O–H groups in total. The molecule has 3 nitrogen and oxygen atoms in total. The molecule has 3 rings (SSSR count). The van der Waals surface area contributed by atoms with Crippen molar-refractivity contribution in [3.8, 4) is 0 Å². The molecule has 2 saturated heterocycles. The van der Waals surface area contributed by atoms with Gasteiger partial charge in [-0.05, 0) is 44.0 Å². The van der Waals surface area contributed by atoms with Crippen LogP contribution in [0.15, 0.2) is 18.2 Å². The fraction of sp³-hybridized carbons (Fsp3) is 0.533. The maximum Gasteiger partial charge on any atom is 0.106 e. The van der Waals surface area contributed by atoms with Crippen LogP contribution in [0.1, 0.15) is 24.0 Å². The lowest BCUT2D eigenvalue weighted by Crippen LogP contribution is -2.50. The highest BCUT2D eigenvalue weighted by Crippen LogP contribution is 2.28. The van der Waals surface area contributed by atoms with E-state index in [9.17, 15) is 0 Å². The lowest BCUT2D eigenvalue weighted by atomic mass is 10.1. The van der Waals surface area contributed by atoms with Gasteiger partial charge in [-0.1, -0.05) is 18.3 Å². The van der Waals surface area contributed by atoms with Gasteiger partial charge in [0.15, 0.2) is 0 Å². The fourth-order valence-electron chi connectivity index (χ4n) is 3.32. The highest BCUT2D eigenvalue weighted by molar-refractivity contribution is 7.80. The first-order valence-corrected chi connectivity index (χ1v) is 7.45. The quantitative estimate of drug-likeness (QED) is 0.836. The van der Waals surface area contributed by atoms with Gasteiger partial charge >= 0.3 is 0 Å². The van der Waals surface area contributed by atoms with Crippen LogP contribution in [0.25, 0.3) is 0 Å². The third kappa shape index (κ3) is 2.47. The SMILES string of the molecule is Cc1ccc(C(N)=S)c(N2CCN3CCCC3C2)c1. The van der Waals surface area contributed by atoms with Crippen molar-refractivity contribution in [2.45, 2.75) is 25.8 Å². The topological polar surface area (TPSA) is 32.5 Å². The van der Waals surface area contributed by atoms with Crippen molar-refractivity contribution in [3.05, 3.63) is 29.3 Å². The predicted molar refractivity (Wildman–Crippen MR) is 83.9 cm³/mol. The molecule has 0 aliphatic carbocycles. The van der Waals surface area contributed by atoms with E-state index in [1.54, 1.807) is 0 Å². The van der Waals surface area contributed by atoms with E-state index in [0.717, 1.165) is 25.2 Å². The summed E-state index contributed by atoms with van der Waals surface area (Å²) in [6.07, 6.45) is 2.67. The second-order valence-corrected chi connectivity index (χ2v) is 6.10. The molecule has 0 amide bonds. The molecule has 2 aliphatic heterocycles. The van der Waals surface area contributed by atoms with Crippen LogP contribution < -0.4 is 10.6 Å². The molecule has 2 fully saturated rings. The molecule has 1 aromatic carbocycles. The number of hydrogen-bond donors (Lipinski definition) is 1. The van der Waals surface area contributed by atoms with Gasteiger partial charge in [0.1, 0.15) is 4.99 Å². The van der Waals surface area contributed by atoms with Crippen molar-refractivity contribution in [2.24, 2.45) is 5.73 Å². The monoisotopic (exact) mass is 275 g/mol. The zero-order valence-electron chi connectivity index (χ0n) is 11.4. The molecule has 0 radical (unpaired) electrons. The summed E-state index contributed by atoms with van der Waals surface area (Å²) in [5.41, 5.74) is 9.38. The van der Waals surface area contributed by atoms with Gasteiger partial charge in [0, 0.05) is 36.9 Å². The van der Waals surface area contributed by atoms with Crippen molar-refractivity contribution in [1.82, 2.24) is 4.90 Å². The van der Waals surface area contributed by atoms with E-state index in [4.69, 9.17) is 18.0 Å². The fourth-order valence-corrected chi connectivity index (χ4v) is 3.49. The summed E-state index contributed by atoms with van der Waals surface area (Å²) in [5.74, 6) is 0. The summed E-state index contributed by atoms with van der Waals surface area (Å²) < 4.78 is 0. The van der Waals surface area contributed by atoms with E-state index in [1.165, 1.54) is 30.6 Å². The second-order valence-electron chi connectivity index (χ2n) is 5.66. The highest BCUT2D eigenvalue weighted by Gasteiger charge is 2.31. The van der Waals surface area contributed by atoms with Crippen LogP contribution in [0.2, 0.25) is 0 Å². The largest absolute Gasteiger partial charge is 0.389 e. The molecule has 1 unspecified atom stereocenters. The Morgan fingerprint density at radius 3 is 2.95 bits per heavy atom. The van der Waals surface area contributed by atoms with Crippen molar-refractivity contribution >= 4 is 22.9 Å². The van der Waals surface area contributed by atoms with Crippen LogP contribution >= 0.6 is 12.2 Å². The van der Waals surface area contributed by atoms with E-state index in [0.29, 0.717) is 11.0 Å². The minimum absolute atomic E-state index is 0.504. The smallest absolute Gasteiger partial charge is 0.106 e. The molecule has 2 aliphatic rings. The molecule has 0 saturated carbocycles. The number of aryl methyl sites for hydroxylation is 1. The molecule has 19 heavy (non-hydrogen) atoms. The van der Waals surface area contributed by atoms with E-state index in [-0.39, 0.29) is 0 Å². The minimum atomic E-state index is 0.504. The number of fused-ring (bicyclic) bond motifs is 1. The molecule has 0 bridgehead atoms. The van der Waals surface area contributed by atoms with Gasteiger partial charge in [0.25, 0.3) is 0 Å². The lowest BCUT2D eigenvalue weighted by molar-refractivity contribution is 0.231. The number of nitrogens with two attached hydrogens (primary N) is 1. The van der Waals surface area contributed by atoms with Gasteiger partial charge in [0.05, 0.1) is 0 Å². The van der Waals surface area contributed by atoms with Gasteiger partial charge < -0.3 is 10.6 Å². The molecule has 0 spiro atoms. The van der Waals surface area contributed by atoms with Crippen LogP contribution in [-0.4, -0.2) is 42.1 Å². The Morgan fingerprint density at radius 2 is 2.16 bits per heavy atom. The number of nitrogens with zero attached hydrogens (tertiary/aromatic N) is 2. The summed E-state index contributed by atoms with van der Waals surface area (Å²) in [6, 6.07) is 7.09. The summed E-state index contributed by atoms with van der Waals surface area (Å²) in [6.45, 7) is 6.75. The predicted octanol–water partition coefficient (Wildman–Crippen LogP) is 1.91. The maximum atomic E-state index is 5.87. The number of rotatable bonds is 2. The molecule has 102 valence electrons. The Morgan fingerprint density at radius 1 is 1.32 bits per heavy atom. The molecular formula is C15H21N3S. The van der Waals surface area contributed by atoms with E-state index < -0.39 is 0 Å². The Balaban J connectivity index is 1.89. The zero-order valence-corrected chi connectivity index (χ0v) is 12.2. The number of anilines is 1. The van der Waals surface area contributed by atoms with Crippen LogP contribution in [0.5, 0.6) is 0 Å². The van der Waals surface area contributed by atoms with Crippen molar-refractivity contribution in [2.75, 3.05) is 31.1 Å². The second kappa shape index (κ2) is 5.10. The summed E-state index contributed by atoms with van der Waals surface area (Å²) >= 11 is 5.20. The van der Waals surface area contributed by atoms with E-state index in [1.807, 2.05) is 0 Å². The zero-order chi connectivity index (χ0) is 13.4. The maximum absolute atomic E-state index is 5.87. The summed E-state index contributed by atoms with van der Waals surface area (Å²) in [5, 5.41) is 0. The number of piperazine rings is 1. The van der Waals surface area contributed by atoms with Crippen molar-refractivity contribution in [1.29, 1.82) is 0 Å². The third-order valence-electron chi connectivity index (χ3n) is 4.35. The minimum Gasteiger partial charge on any atom is -0.389 e. The number of thiocarbonyl (C=S) groups is 1. The number of benzene rings is 1. The summed E-state index contributed by atoms with van der Waals surface area (Å²) in [4.78, 5) is 5.59. The van der Waals surface area contributed by atoms with Gasteiger partial charge in [-0.15, -0.1) is 0 Å². The Labute approximate surface area is 120 Å². The standard InChI is InChI=1S/C15H21N3S/c1-11-4-5-13(15(16)19)14(9-11)18-8-7-17-6-2-3-12(17)10-18/h4-5,9,12H,2-3,6-8,10H2,1H3,(H2,16,19). The highest BCUT2D eigenvalue weighted by atomic mass is 32.1. The third-order valence-corrected chi connectivity index (χ3v) is 4.57. The van der Waals surface area contributed by atoms with Crippen LogP contribution in [-0.2, 0) is 0 Å². The first-order chi connectivity index (χ1) is 9.15. The molecule has 0 aromatic heterocycles. The molecular weight excluding hydrogens is 254 g/mol. The molecule has 1 aromatic rings. The first-order valence-electron chi connectivity index (χ1n) is 7.04. The van der Waals surface area contributed by atoms with Crippen LogP contribution in [0.3, 0.4) is 0 Å². The lowest BCUT2D eigenvalue weighted by Gasteiger charge is -2.39. The van der Waals surface area contributed by atoms with Crippen LogP contribution in [0, 0.1) is 6.92 Å². The Kier molecular flexibility index (Phi) is 3.46. The van der Waals surface area contributed by atoms with Gasteiger partial charge in [-0.2, -0.15) is 0 Å². The first kappa shape index (κ1) is 12.9. The average molecular weight is 275 g/mol. The number of hydrogen-bond acceptors (Lipinski definition) is 3. The van der Waals surface area contributed by atoms with E-state index in [2.05, 4.69) is 34.9 Å². The molecule has 4 heteroatoms. The molecule has 2 heterocycles. The van der Waals surface area contributed by atoms with Crippen molar-refractivity contribution < 1.29 is 0 Å². The normalized spacial score (nSPS) is 23.4. The van der Waals surface area contributed by atoms with Crippen molar-refractivity contribution in [3.63, 3.8) is 0 Å². The summed E-state index contributed by atoms with van der Waals surface area (Å²) in [7, 11) is 0. The Bertz CT molecular complexity index is 500. The average Bonchev–Trinajstić information content (AvgIpc) is 2.85. The molecule has 1 atom stereocenters. The Hall–Kier alpha value is -1.13. The van der Waals surface area contributed by atoms with Gasteiger partial charge in [-0.25, -0.2) is 0 Å². The van der Waals surface area contributed by atoms with Gasteiger partial charge in [0.2, 0.25) is 0 Å².